The van der Waals surface area contributed by atoms with Gasteiger partial charge in [0.25, 0.3) is 11.5 Å². The maximum Gasteiger partial charge on any atom is 0.326 e. The predicted molar refractivity (Wildman–Crippen MR) is 170 cm³/mol. The molecule has 0 saturated carbocycles. The molecule has 1 fully saturated rings. The topological polar surface area (TPSA) is 117 Å². The van der Waals surface area contributed by atoms with Gasteiger partial charge in [0.1, 0.15) is 6.04 Å². The normalized spacial score (nSPS) is 14.9. The highest BCUT2D eigenvalue weighted by Gasteiger charge is 2.30. The van der Waals surface area contributed by atoms with Crippen LogP contribution in [-0.2, 0) is 17.3 Å². The quantitative estimate of drug-likeness (QED) is 0.242. The molecule has 4 aromatic rings. The second-order valence-electron chi connectivity index (χ2n) is 12.0. The minimum Gasteiger partial charge on any atom is -0.480 e. The minimum absolute atomic E-state index is 0.000925. The van der Waals surface area contributed by atoms with Crippen molar-refractivity contribution >= 4 is 34.8 Å². The third kappa shape index (κ3) is 6.30. The van der Waals surface area contributed by atoms with Crippen molar-refractivity contribution in [1.82, 2.24) is 9.55 Å². The lowest BCUT2D eigenvalue weighted by atomic mass is 9.86. The van der Waals surface area contributed by atoms with Gasteiger partial charge in [0, 0.05) is 48.0 Å². The van der Waals surface area contributed by atoms with E-state index in [1.165, 1.54) is 4.57 Å². The fourth-order valence-corrected chi connectivity index (χ4v) is 5.39. The molecule has 1 aliphatic rings. The highest BCUT2D eigenvalue weighted by atomic mass is 16.4. The van der Waals surface area contributed by atoms with Crippen LogP contribution in [0.3, 0.4) is 0 Å². The molecule has 3 N–H and O–H groups in total. The van der Waals surface area contributed by atoms with E-state index in [0.29, 0.717) is 35.6 Å². The fraction of sp³-hybridized carbons (Fsp3) is 0.294. The average molecular weight is 580 g/mol. The van der Waals surface area contributed by atoms with Crippen molar-refractivity contribution in [1.29, 1.82) is 0 Å². The Hall–Kier alpha value is -4.92. The van der Waals surface area contributed by atoms with Crippen molar-refractivity contribution in [3.05, 3.63) is 100.0 Å². The molecule has 1 aliphatic heterocycles. The lowest BCUT2D eigenvalue weighted by Gasteiger charge is -2.23. The van der Waals surface area contributed by atoms with Gasteiger partial charge in [-0.25, -0.2) is 9.78 Å². The number of rotatable bonds is 7. The summed E-state index contributed by atoms with van der Waals surface area (Å²) >= 11 is 0. The fourth-order valence-electron chi connectivity index (χ4n) is 5.39. The first-order valence-corrected chi connectivity index (χ1v) is 14.4. The summed E-state index contributed by atoms with van der Waals surface area (Å²) in [6.45, 7) is 9.00. The van der Waals surface area contributed by atoms with Gasteiger partial charge >= 0.3 is 5.97 Å². The zero-order valence-corrected chi connectivity index (χ0v) is 25.1. The molecule has 0 bridgehead atoms. The summed E-state index contributed by atoms with van der Waals surface area (Å²) in [4.78, 5) is 44.2. The molecule has 1 atom stereocenters. The van der Waals surface area contributed by atoms with Crippen molar-refractivity contribution in [2.75, 3.05) is 22.1 Å². The maximum atomic E-state index is 13.1. The van der Waals surface area contributed by atoms with Crippen molar-refractivity contribution in [2.45, 2.75) is 52.0 Å². The summed E-state index contributed by atoms with van der Waals surface area (Å²) in [5.41, 5.74) is 5.75. The molecule has 0 radical (unpaired) electrons. The van der Waals surface area contributed by atoms with Crippen LogP contribution >= 0.6 is 0 Å². The van der Waals surface area contributed by atoms with E-state index in [4.69, 9.17) is 0 Å². The predicted octanol–water partition coefficient (Wildman–Crippen LogP) is 6.10. The molecular weight excluding hydrogens is 542 g/mol. The molecule has 9 heteroatoms. The van der Waals surface area contributed by atoms with Crippen molar-refractivity contribution in [3.8, 4) is 11.3 Å². The third-order valence-corrected chi connectivity index (χ3v) is 7.94. The second-order valence-corrected chi connectivity index (χ2v) is 12.0. The van der Waals surface area contributed by atoms with Crippen LogP contribution in [0.2, 0.25) is 0 Å². The van der Waals surface area contributed by atoms with E-state index in [1.54, 1.807) is 13.2 Å². The molecular formula is C34H37N5O4. The van der Waals surface area contributed by atoms with Crippen LogP contribution in [-0.4, -0.2) is 39.1 Å². The number of aryl methyl sites for hydroxylation is 1. The van der Waals surface area contributed by atoms with E-state index < -0.39 is 12.0 Å². The number of carboxylic acid groups (broad SMARTS) is 1. The molecule has 1 aromatic heterocycles. The molecule has 1 saturated heterocycles. The Labute approximate surface area is 251 Å². The van der Waals surface area contributed by atoms with Crippen molar-refractivity contribution in [3.63, 3.8) is 0 Å². The number of aromatic nitrogens is 2. The molecule has 43 heavy (non-hydrogen) atoms. The lowest BCUT2D eigenvalue weighted by molar-refractivity contribution is -0.138. The third-order valence-electron chi connectivity index (χ3n) is 7.94. The first kappa shape index (κ1) is 29.6. The summed E-state index contributed by atoms with van der Waals surface area (Å²) in [6, 6.07) is 20.0. The Morgan fingerprint density at radius 2 is 1.70 bits per heavy atom. The monoisotopic (exact) mass is 579 g/mol. The van der Waals surface area contributed by atoms with E-state index in [9.17, 15) is 19.5 Å². The number of nitrogens with one attached hydrogen (secondary N) is 2. The van der Waals surface area contributed by atoms with E-state index in [-0.39, 0.29) is 22.7 Å². The van der Waals surface area contributed by atoms with Crippen molar-refractivity contribution < 1.29 is 14.7 Å². The van der Waals surface area contributed by atoms with Crippen LogP contribution in [0.25, 0.3) is 11.3 Å². The highest BCUT2D eigenvalue weighted by Crippen LogP contribution is 2.30. The van der Waals surface area contributed by atoms with E-state index in [0.717, 1.165) is 28.8 Å². The van der Waals surface area contributed by atoms with Gasteiger partial charge in [-0.1, -0.05) is 45.0 Å². The average Bonchev–Trinajstić information content (AvgIpc) is 3.47. The smallest absolute Gasteiger partial charge is 0.326 e. The number of carbonyl (C=O) groups excluding carboxylic acids is 1. The van der Waals surface area contributed by atoms with Crippen LogP contribution in [0, 0.1) is 6.92 Å². The number of nitrogens with zero attached hydrogens (tertiary/aromatic N) is 3. The van der Waals surface area contributed by atoms with E-state index in [1.807, 2.05) is 78.6 Å². The van der Waals surface area contributed by atoms with Gasteiger partial charge in [0.05, 0.1) is 5.69 Å². The van der Waals surface area contributed by atoms with Gasteiger partial charge in [0.15, 0.2) is 5.82 Å². The van der Waals surface area contributed by atoms with E-state index >= 15 is 0 Å². The molecule has 0 spiro atoms. The number of carboxylic acids is 1. The van der Waals surface area contributed by atoms with Gasteiger partial charge < -0.3 is 25.2 Å². The van der Waals surface area contributed by atoms with E-state index in [2.05, 4.69) is 36.4 Å². The Balaban J connectivity index is 1.37. The van der Waals surface area contributed by atoms with Crippen molar-refractivity contribution in [2.24, 2.45) is 7.05 Å². The molecule has 5 rings (SSSR count). The van der Waals surface area contributed by atoms with Crippen LogP contribution in [0.5, 0.6) is 0 Å². The van der Waals surface area contributed by atoms with Gasteiger partial charge in [-0.15, -0.1) is 0 Å². The SMILES string of the molecule is Cc1c(NC(=O)c2ccc(C(C)(C)C)cc2)cccc1-c1cn(C)c(=O)c(Nc2ccc(N3CCCC3C(=O)O)cc2)n1. The molecule has 222 valence electrons. The second kappa shape index (κ2) is 11.8. The number of anilines is 4. The first-order chi connectivity index (χ1) is 20.4. The Bertz CT molecular complexity index is 1720. The van der Waals surface area contributed by atoms with Gasteiger partial charge in [-0.3, -0.25) is 9.59 Å². The number of hydrogen-bond donors (Lipinski definition) is 3. The number of hydrogen-bond acceptors (Lipinski definition) is 6. The molecule has 3 aromatic carbocycles. The molecule has 1 unspecified atom stereocenters. The van der Waals surface area contributed by atoms with Crippen LogP contribution < -0.4 is 21.1 Å². The van der Waals surface area contributed by atoms with Gasteiger partial charge in [-0.05, 0) is 78.8 Å². The number of amides is 1. The molecule has 1 amide bonds. The summed E-state index contributed by atoms with van der Waals surface area (Å²) in [7, 11) is 1.67. The number of benzene rings is 3. The standard InChI is InChI=1S/C34H37N5O4/c1-21-26(8-6-9-27(21)37-31(40)22-11-13-23(14-12-22)34(2,3)4)28-20-38(5)32(41)30(36-28)35-24-15-17-25(18-16-24)39-19-7-10-29(39)33(42)43/h6,8-9,11-18,20,29H,7,10,19H2,1-5H3,(H,35,36)(H,37,40)(H,42,43). The van der Waals surface area contributed by atoms with Gasteiger partial charge in [-0.2, -0.15) is 0 Å². The summed E-state index contributed by atoms with van der Waals surface area (Å²) < 4.78 is 1.47. The lowest BCUT2D eigenvalue weighted by Crippen LogP contribution is -2.35. The molecule has 0 aliphatic carbocycles. The zero-order valence-electron chi connectivity index (χ0n) is 25.1. The number of aliphatic carboxylic acids is 1. The minimum atomic E-state index is -0.821. The highest BCUT2D eigenvalue weighted by molar-refractivity contribution is 6.05. The molecule has 9 nitrogen and oxygen atoms in total. The van der Waals surface area contributed by atoms with Gasteiger partial charge in [0.2, 0.25) is 0 Å². The summed E-state index contributed by atoms with van der Waals surface area (Å²) in [5, 5.41) is 15.7. The summed E-state index contributed by atoms with van der Waals surface area (Å²) in [6.07, 6.45) is 3.13. The van der Waals surface area contributed by atoms with Crippen LogP contribution in [0.4, 0.5) is 22.9 Å². The molecule has 2 heterocycles. The summed E-state index contributed by atoms with van der Waals surface area (Å²) in [5.74, 6) is -0.869. The Morgan fingerprint density at radius 3 is 2.35 bits per heavy atom. The largest absolute Gasteiger partial charge is 0.480 e. The Kier molecular flexibility index (Phi) is 8.08. The maximum absolute atomic E-state index is 13.1. The van der Waals surface area contributed by atoms with Crippen LogP contribution in [0.15, 0.2) is 77.7 Å². The zero-order chi connectivity index (χ0) is 30.9. The Morgan fingerprint density at radius 1 is 1.00 bits per heavy atom. The first-order valence-electron chi connectivity index (χ1n) is 14.4. The number of carbonyl (C=O) groups is 2. The van der Waals surface area contributed by atoms with Crippen LogP contribution in [0.1, 0.15) is 55.1 Å².